The van der Waals surface area contributed by atoms with Crippen LogP contribution in [-0.2, 0) is 9.53 Å². The first-order chi connectivity index (χ1) is 9.20. The lowest BCUT2D eigenvalue weighted by Gasteiger charge is -2.37. The van der Waals surface area contributed by atoms with E-state index in [1.807, 2.05) is 0 Å². The van der Waals surface area contributed by atoms with Gasteiger partial charge in [-0.1, -0.05) is 26.2 Å². The van der Waals surface area contributed by atoms with Gasteiger partial charge in [-0.2, -0.15) is 0 Å². The molecule has 2 aliphatic rings. The molecular formula is C15H28N2O2. The average molecular weight is 268 g/mol. The monoisotopic (exact) mass is 268 g/mol. The first-order valence-electron chi connectivity index (χ1n) is 7.77. The Kier molecular flexibility index (Phi) is 5.22. The van der Waals surface area contributed by atoms with E-state index in [1.54, 1.807) is 7.11 Å². The second-order valence-electron chi connectivity index (χ2n) is 6.06. The highest BCUT2D eigenvalue weighted by atomic mass is 16.5. The number of hydrogen-bond acceptors (Lipinski definition) is 3. The van der Waals surface area contributed by atoms with Gasteiger partial charge in [0.25, 0.3) is 5.91 Å². The van der Waals surface area contributed by atoms with Gasteiger partial charge in [-0.15, -0.1) is 0 Å². The number of piperidine rings is 1. The first kappa shape index (κ1) is 14.8. The molecule has 0 bridgehead atoms. The van der Waals surface area contributed by atoms with Crippen LogP contribution in [0, 0.1) is 5.92 Å². The minimum atomic E-state index is -0.593. The standard InChI is InChI=1S/C15H28N2O2/c1-3-12-5-4-6-13(11-12)17-14(18)15(19-2)7-9-16-10-8-15/h12-13,16H,3-11H2,1-2H3,(H,17,18). The van der Waals surface area contributed by atoms with Crippen molar-refractivity contribution in [2.45, 2.75) is 63.5 Å². The second kappa shape index (κ2) is 6.71. The molecule has 1 saturated heterocycles. The van der Waals surface area contributed by atoms with E-state index in [-0.39, 0.29) is 5.91 Å². The molecule has 1 aliphatic heterocycles. The third kappa shape index (κ3) is 3.48. The smallest absolute Gasteiger partial charge is 0.252 e. The molecule has 0 aromatic heterocycles. The SMILES string of the molecule is CCC1CCCC(NC(=O)C2(OC)CCNCC2)C1. The van der Waals surface area contributed by atoms with Gasteiger partial charge >= 0.3 is 0 Å². The summed E-state index contributed by atoms with van der Waals surface area (Å²) in [6.07, 6.45) is 7.61. The van der Waals surface area contributed by atoms with Gasteiger partial charge < -0.3 is 15.4 Å². The molecule has 0 spiro atoms. The van der Waals surface area contributed by atoms with Gasteiger partial charge in [-0.3, -0.25) is 4.79 Å². The maximum Gasteiger partial charge on any atom is 0.252 e. The summed E-state index contributed by atoms with van der Waals surface area (Å²) < 4.78 is 5.58. The first-order valence-corrected chi connectivity index (χ1v) is 7.77. The summed E-state index contributed by atoms with van der Waals surface area (Å²) >= 11 is 0. The zero-order valence-electron chi connectivity index (χ0n) is 12.3. The highest BCUT2D eigenvalue weighted by Crippen LogP contribution is 2.28. The predicted octanol–water partition coefficient (Wildman–Crippen LogP) is 1.84. The topological polar surface area (TPSA) is 50.4 Å². The lowest BCUT2D eigenvalue weighted by Crippen LogP contribution is -2.56. The van der Waals surface area contributed by atoms with E-state index in [0.717, 1.165) is 44.7 Å². The highest BCUT2D eigenvalue weighted by molar-refractivity contribution is 5.85. The quantitative estimate of drug-likeness (QED) is 0.818. The lowest BCUT2D eigenvalue weighted by molar-refractivity contribution is -0.147. The lowest BCUT2D eigenvalue weighted by atomic mass is 9.83. The Morgan fingerprint density at radius 2 is 2.11 bits per heavy atom. The van der Waals surface area contributed by atoms with Crippen LogP contribution in [-0.4, -0.2) is 37.7 Å². The number of carbonyl (C=O) groups is 1. The summed E-state index contributed by atoms with van der Waals surface area (Å²) in [4.78, 5) is 12.6. The van der Waals surface area contributed by atoms with Gasteiger partial charge in [0.1, 0.15) is 5.60 Å². The van der Waals surface area contributed by atoms with E-state index in [0.29, 0.717) is 6.04 Å². The molecule has 2 fully saturated rings. The number of hydrogen-bond donors (Lipinski definition) is 2. The van der Waals surface area contributed by atoms with Gasteiger partial charge in [0.2, 0.25) is 0 Å². The van der Waals surface area contributed by atoms with Crippen LogP contribution in [0.1, 0.15) is 51.9 Å². The molecule has 2 N–H and O–H groups in total. The van der Waals surface area contributed by atoms with Crippen LogP contribution in [0.25, 0.3) is 0 Å². The number of amides is 1. The molecule has 0 aromatic rings. The van der Waals surface area contributed by atoms with E-state index >= 15 is 0 Å². The third-order valence-electron chi connectivity index (χ3n) is 4.91. The van der Waals surface area contributed by atoms with Crippen molar-refractivity contribution in [1.82, 2.24) is 10.6 Å². The Morgan fingerprint density at radius 3 is 2.74 bits per heavy atom. The average Bonchev–Trinajstić information content (AvgIpc) is 2.48. The molecule has 4 nitrogen and oxygen atoms in total. The summed E-state index contributed by atoms with van der Waals surface area (Å²) in [6, 6.07) is 0.355. The van der Waals surface area contributed by atoms with Crippen LogP contribution in [0.2, 0.25) is 0 Å². The molecular weight excluding hydrogens is 240 g/mol. The van der Waals surface area contributed by atoms with Crippen LogP contribution in [0.4, 0.5) is 0 Å². The molecule has 2 rings (SSSR count). The van der Waals surface area contributed by atoms with Gasteiger partial charge in [0.15, 0.2) is 0 Å². The minimum Gasteiger partial charge on any atom is -0.368 e. The number of carbonyl (C=O) groups excluding carboxylic acids is 1. The summed E-state index contributed by atoms with van der Waals surface area (Å²) in [5.41, 5.74) is -0.593. The van der Waals surface area contributed by atoms with Gasteiger partial charge in [0.05, 0.1) is 0 Å². The number of rotatable bonds is 4. The van der Waals surface area contributed by atoms with Crippen molar-refractivity contribution in [3.63, 3.8) is 0 Å². The van der Waals surface area contributed by atoms with Crippen molar-refractivity contribution in [1.29, 1.82) is 0 Å². The highest BCUT2D eigenvalue weighted by Gasteiger charge is 2.40. The number of nitrogens with one attached hydrogen (secondary N) is 2. The van der Waals surface area contributed by atoms with Crippen LogP contribution in [0.15, 0.2) is 0 Å². The molecule has 0 radical (unpaired) electrons. The van der Waals surface area contributed by atoms with Crippen molar-refractivity contribution in [3.05, 3.63) is 0 Å². The normalized spacial score (nSPS) is 30.8. The van der Waals surface area contributed by atoms with Crippen molar-refractivity contribution < 1.29 is 9.53 Å². The van der Waals surface area contributed by atoms with E-state index < -0.39 is 5.60 Å². The molecule has 110 valence electrons. The molecule has 19 heavy (non-hydrogen) atoms. The molecule has 1 heterocycles. The molecule has 2 unspecified atom stereocenters. The fourth-order valence-electron chi connectivity index (χ4n) is 3.46. The fraction of sp³-hybridized carbons (Fsp3) is 0.933. The van der Waals surface area contributed by atoms with Crippen molar-refractivity contribution in [3.8, 4) is 0 Å². The largest absolute Gasteiger partial charge is 0.368 e. The van der Waals surface area contributed by atoms with Gasteiger partial charge in [0, 0.05) is 13.2 Å². The van der Waals surface area contributed by atoms with E-state index in [2.05, 4.69) is 17.6 Å². The Bertz CT molecular complexity index is 301. The van der Waals surface area contributed by atoms with Crippen molar-refractivity contribution in [2.24, 2.45) is 5.92 Å². The molecule has 1 amide bonds. The summed E-state index contributed by atoms with van der Waals surface area (Å²) in [5.74, 6) is 0.892. The predicted molar refractivity (Wildman–Crippen MR) is 76.0 cm³/mol. The van der Waals surface area contributed by atoms with Crippen LogP contribution in [0.5, 0.6) is 0 Å². The maximum atomic E-state index is 12.6. The summed E-state index contributed by atoms with van der Waals surface area (Å²) in [5, 5.41) is 6.54. The van der Waals surface area contributed by atoms with E-state index in [1.165, 1.54) is 19.3 Å². The van der Waals surface area contributed by atoms with Crippen LogP contribution < -0.4 is 10.6 Å². The molecule has 1 saturated carbocycles. The molecule has 2 atom stereocenters. The van der Waals surface area contributed by atoms with Gasteiger partial charge in [-0.05, 0) is 44.7 Å². The van der Waals surface area contributed by atoms with Crippen LogP contribution in [0.3, 0.4) is 0 Å². The van der Waals surface area contributed by atoms with Crippen molar-refractivity contribution >= 4 is 5.91 Å². The zero-order chi connectivity index (χ0) is 13.7. The number of ether oxygens (including phenoxy) is 1. The van der Waals surface area contributed by atoms with E-state index in [9.17, 15) is 4.79 Å². The van der Waals surface area contributed by atoms with Crippen LogP contribution >= 0.6 is 0 Å². The summed E-state index contributed by atoms with van der Waals surface area (Å²) in [7, 11) is 1.67. The van der Waals surface area contributed by atoms with Gasteiger partial charge in [-0.25, -0.2) is 0 Å². The Morgan fingerprint density at radius 1 is 1.37 bits per heavy atom. The minimum absolute atomic E-state index is 0.109. The molecule has 4 heteroatoms. The molecule has 1 aliphatic carbocycles. The Balaban J connectivity index is 1.91. The van der Waals surface area contributed by atoms with Crippen molar-refractivity contribution in [2.75, 3.05) is 20.2 Å². The summed E-state index contributed by atoms with van der Waals surface area (Å²) in [6.45, 7) is 3.98. The maximum absolute atomic E-state index is 12.6. The third-order valence-corrected chi connectivity index (χ3v) is 4.91. The Labute approximate surface area is 116 Å². The van der Waals surface area contributed by atoms with E-state index in [4.69, 9.17) is 4.74 Å². The Hall–Kier alpha value is -0.610. The fourth-order valence-corrected chi connectivity index (χ4v) is 3.46. The molecule has 0 aromatic carbocycles. The zero-order valence-corrected chi connectivity index (χ0v) is 12.3. The second-order valence-corrected chi connectivity index (χ2v) is 6.06. The number of methoxy groups -OCH3 is 1.